The fraction of sp³-hybridized carbons (Fsp3) is 1.00. The van der Waals surface area contributed by atoms with E-state index in [9.17, 15) is 10.2 Å². The van der Waals surface area contributed by atoms with Crippen LogP contribution < -0.4 is 5.32 Å². The highest BCUT2D eigenvalue weighted by Gasteiger charge is 2.40. The molecule has 0 spiro atoms. The summed E-state index contributed by atoms with van der Waals surface area (Å²) in [4.78, 5) is 0. The van der Waals surface area contributed by atoms with Crippen LogP contribution in [0.1, 0.15) is 58.3 Å². The van der Waals surface area contributed by atoms with Gasteiger partial charge in [-0.25, -0.2) is 0 Å². The van der Waals surface area contributed by atoms with Gasteiger partial charge in [-0.3, -0.25) is 0 Å². The summed E-state index contributed by atoms with van der Waals surface area (Å²) >= 11 is 1.83. The zero-order valence-electron chi connectivity index (χ0n) is 13.3. The zero-order chi connectivity index (χ0) is 15.5. The molecule has 0 aromatic rings. The van der Waals surface area contributed by atoms with Crippen LogP contribution in [0.15, 0.2) is 0 Å². The number of hydrogen-bond acceptors (Lipinski definition) is 5. The lowest BCUT2D eigenvalue weighted by molar-refractivity contribution is 0.0219. The first-order valence-electron chi connectivity index (χ1n) is 8.51. The van der Waals surface area contributed by atoms with Gasteiger partial charge in [0.1, 0.15) is 0 Å². The Kier molecular flexibility index (Phi) is 10.7. The molecule has 1 heterocycles. The standard InChI is InChI=1S/C16H33NO3S/c1-2-3-4-5-6-7-8-9-10-21-12-14-16(20)15(19)13(11-18)17-14/h13-20H,2-12H2,1H3/t13-,14+,15-,16-/m1/s1. The largest absolute Gasteiger partial charge is 0.395 e. The summed E-state index contributed by atoms with van der Waals surface area (Å²) < 4.78 is 0. The Balaban J connectivity index is 1.93. The zero-order valence-corrected chi connectivity index (χ0v) is 14.2. The number of rotatable bonds is 12. The molecular weight excluding hydrogens is 286 g/mol. The number of unbranched alkanes of at least 4 members (excludes halogenated alkanes) is 7. The van der Waals surface area contributed by atoms with Crippen molar-refractivity contribution in [3.05, 3.63) is 0 Å². The van der Waals surface area contributed by atoms with Crippen molar-refractivity contribution in [2.75, 3.05) is 18.1 Å². The topological polar surface area (TPSA) is 72.7 Å². The van der Waals surface area contributed by atoms with Gasteiger partial charge in [0, 0.05) is 11.8 Å². The molecule has 0 aromatic carbocycles. The molecule has 0 aromatic heterocycles. The van der Waals surface area contributed by atoms with Gasteiger partial charge in [-0.15, -0.1) is 0 Å². The second-order valence-electron chi connectivity index (χ2n) is 6.09. The summed E-state index contributed by atoms with van der Waals surface area (Å²) in [6, 6.07) is -0.482. The van der Waals surface area contributed by atoms with Gasteiger partial charge in [0.15, 0.2) is 0 Å². The average Bonchev–Trinajstić information content (AvgIpc) is 2.77. The number of aliphatic hydroxyl groups is 3. The van der Waals surface area contributed by atoms with Crippen LogP contribution >= 0.6 is 11.8 Å². The number of aliphatic hydroxyl groups excluding tert-OH is 3. The maximum atomic E-state index is 9.87. The molecule has 1 fully saturated rings. The van der Waals surface area contributed by atoms with E-state index in [1.165, 1.54) is 51.4 Å². The van der Waals surface area contributed by atoms with E-state index in [1.54, 1.807) is 0 Å². The summed E-state index contributed by atoms with van der Waals surface area (Å²) in [6.45, 7) is 2.12. The Bertz CT molecular complexity index is 256. The van der Waals surface area contributed by atoms with Crippen molar-refractivity contribution in [2.24, 2.45) is 0 Å². The van der Waals surface area contributed by atoms with Crippen molar-refractivity contribution < 1.29 is 15.3 Å². The van der Waals surface area contributed by atoms with Gasteiger partial charge in [-0.2, -0.15) is 11.8 Å². The molecule has 4 nitrogen and oxygen atoms in total. The van der Waals surface area contributed by atoms with E-state index in [-0.39, 0.29) is 18.7 Å². The number of nitrogens with one attached hydrogen (secondary N) is 1. The molecule has 126 valence electrons. The number of thioether (sulfide) groups is 1. The molecule has 0 radical (unpaired) electrons. The Hall–Kier alpha value is 0.190. The van der Waals surface area contributed by atoms with Crippen molar-refractivity contribution >= 4 is 11.8 Å². The highest BCUT2D eigenvalue weighted by molar-refractivity contribution is 7.99. The van der Waals surface area contributed by atoms with Crippen LogP contribution in [0.3, 0.4) is 0 Å². The molecule has 0 aliphatic carbocycles. The van der Waals surface area contributed by atoms with Crippen molar-refractivity contribution in [1.82, 2.24) is 5.32 Å². The maximum absolute atomic E-state index is 9.87. The Morgan fingerprint density at radius 2 is 1.43 bits per heavy atom. The van der Waals surface area contributed by atoms with Gasteiger partial charge >= 0.3 is 0 Å². The van der Waals surface area contributed by atoms with Crippen LogP contribution in [-0.2, 0) is 0 Å². The van der Waals surface area contributed by atoms with Crippen molar-refractivity contribution in [2.45, 2.75) is 82.6 Å². The van der Waals surface area contributed by atoms with Crippen LogP contribution in [0.2, 0.25) is 0 Å². The van der Waals surface area contributed by atoms with Crippen LogP contribution in [-0.4, -0.2) is 57.7 Å². The van der Waals surface area contributed by atoms with Crippen LogP contribution in [0, 0.1) is 0 Å². The molecule has 21 heavy (non-hydrogen) atoms. The first kappa shape index (κ1) is 19.2. The molecule has 4 atom stereocenters. The lowest BCUT2D eigenvalue weighted by atomic mass is 10.1. The van der Waals surface area contributed by atoms with Crippen molar-refractivity contribution in [3.63, 3.8) is 0 Å². The SMILES string of the molecule is CCCCCCCCCCSC[C@@H]1N[C@H](CO)[C@@H](O)[C@@H]1O. The Labute approximate surface area is 133 Å². The Morgan fingerprint density at radius 1 is 0.857 bits per heavy atom. The van der Waals surface area contributed by atoms with E-state index in [4.69, 9.17) is 5.11 Å². The van der Waals surface area contributed by atoms with Gasteiger partial charge in [-0.05, 0) is 12.2 Å². The lowest BCUT2D eigenvalue weighted by Gasteiger charge is -2.15. The normalized spacial score (nSPS) is 29.1. The molecule has 0 amide bonds. The maximum Gasteiger partial charge on any atom is 0.0989 e. The van der Waals surface area contributed by atoms with Gasteiger partial charge in [-0.1, -0.05) is 51.9 Å². The predicted molar refractivity (Wildman–Crippen MR) is 89.7 cm³/mol. The van der Waals surface area contributed by atoms with Gasteiger partial charge in [0.2, 0.25) is 0 Å². The van der Waals surface area contributed by atoms with Crippen molar-refractivity contribution in [1.29, 1.82) is 0 Å². The molecular formula is C16H33NO3S. The summed E-state index contributed by atoms with van der Waals surface area (Å²) in [5, 5.41) is 31.8. The average molecular weight is 320 g/mol. The summed E-state index contributed by atoms with van der Waals surface area (Å²) in [6.07, 6.45) is 9.05. The van der Waals surface area contributed by atoms with E-state index < -0.39 is 12.2 Å². The minimum atomic E-state index is -0.844. The second kappa shape index (κ2) is 11.7. The summed E-state index contributed by atoms with van der Waals surface area (Å²) in [5.41, 5.74) is 0. The fourth-order valence-corrected chi connectivity index (χ4v) is 3.93. The molecule has 1 rings (SSSR count). The van der Waals surface area contributed by atoms with Crippen LogP contribution in [0.5, 0.6) is 0 Å². The molecule has 0 bridgehead atoms. The quantitative estimate of drug-likeness (QED) is 0.414. The summed E-state index contributed by atoms with van der Waals surface area (Å²) in [7, 11) is 0. The van der Waals surface area contributed by atoms with E-state index in [1.807, 2.05) is 11.8 Å². The van der Waals surface area contributed by atoms with E-state index in [2.05, 4.69) is 12.2 Å². The predicted octanol–water partition coefficient (Wildman–Crippen LogP) is 1.91. The third-order valence-electron chi connectivity index (χ3n) is 4.24. The minimum Gasteiger partial charge on any atom is -0.395 e. The molecule has 1 aliphatic rings. The first-order chi connectivity index (χ1) is 10.2. The second-order valence-corrected chi connectivity index (χ2v) is 7.24. The van der Waals surface area contributed by atoms with E-state index in [0.717, 1.165) is 11.5 Å². The van der Waals surface area contributed by atoms with Crippen molar-refractivity contribution in [3.8, 4) is 0 Å². The van der Waals surface area contributed by atoms with Crippen LogP contribution in [0.25, 0.3) is 0 Å². The first-order valence-corrected chi connectivity index (χ1v) is 9.67. The highest BCUT2D eigenvalue weighted by Crippen LogP contribution is 2.19. The monoisotopic (exact) mass is 319 g/mol. The van der Waals surface area contributed by atoms with Crippen LogP contribution in [0.4, 0.5) is 0 Å². The lowest BCUT2D eigenvalue weighted by Crippen LogP contribution is -2.37. The highest BCUT2D eigenvalue weighted by atomic mass is 32.2. The van der Waals surface area contributed by atoms with Gasteiger partial charge in [0.05, 0.1) is 24.9 Å². The third kappa shape index (κ3) is 7.33. The Morgan fingerprint density at radius 3 is 2.00 bits per heavy atom. The van der Waals surface area contributed by atoms with Gasteiger partial charge in [0.25, 0.3) is 0 Å². The fourth-order valence-electron chi connectivity index (χ4n) is 2.80. The van der Waals surface area contributed by atoms with Gasteiger partial charge < -0.3 is 20.6 Å². The third-order valence-corrected chi connectivity index (χ3v) is 5.41. The van der Waals surface area contributed by atoms with E-state index >= 15 is 0 Å². The molecule has 0 unspecified atom stereocenters. The minimum absolute atomic E-state index is 0.101. The summed E-state index contributed by atoms with van der Waals surface area (Å²) in [5.74, 6) is 1.91. The smallest absolute Gasteiger partial charge is 0.0989 e. The molecule has 1 aliphatic heterocycles. The molecule has 4 N–H and O–H groups in total. The van der Waals surface area contributed by atoms with E-state index in [0.29, 0.717) is 0 Å². The molecule has 1 saturated heterocycles. The molecule has 0 saturated carbocycles. The number of hydrogen-bond donors (Lipinski definition) is 4. The molecule has 5 heteroatoms.